The van der Waals surface area contributed by atoms with Crippen LogP contribution in [0.4, 0.5) is 0 Å². The van der Waals surface area contributed by atoms with Gasteiger partial charge in [-0.05, 0) is 45.6 Å². The molecular formula is C11H14BrNOS. The zero-order chi connectivity index (χ0) is 11.1. The van der Waals surface area contributed by atoms with E-state index in [0.29, 0.717) is 11.5 Å². The molecule has 1 aromatic heterocycles. The fraction of sp³-hybridized carbons (Fsp3) is 0.545. The van der Waals surface area contributed by atoms with E-state index >= 15 is 0 Å². The molecule has 1 heterocycles. The average Bonchev–Trinajstić information content (AvgIpc) is 2.65. The Balaban J connectivity index is 1.98. The first-order chi connectivity index (χ1) is 7.07. The van der Waals surface area contributed by atoms with Crippen LogP contribution >= 0.6 is 27.3 Å². The van der Waals surface area contributed by atoms with E-state index in [-0.39, 0.29) is 5.91 Å². The van der Waals surface area contributed by atoms with Gasteiger partial charge in [0.2, 0.25) is 0 Å². The summed E-state index contributed by atoms with van der Waals surface area (Å²) in [5, 5.41) is 5.00. The van der Waals surface area contributed by atoms with Crippen LogP contribution in [-0.2, 0) is 0 Å². The summed E-state index contributed by atoms with van der Waals surface area (Å²) in [6.45, 7) is 4.40. The van der Waals surface area contributed by atoms with E-state index in [0.717, 1.165) is 22.2 Å². The van der Waals surface area contributed by atoms with Crippen LogP contribution < -0.4 is 5.32 Å². The molecule has 2 unspecified atom stereocenters. The summed E-state index contributed by atoms with van der Waals surface area (Å²) in [6.07, 6.45) is 2.24. The summed E-state index contributed by atoms with van der Waals surface area (Å²) in [4.78, 5) is 11.8. The van der Waals surface area contributed by atoms with Crippen molar-refractivity contribution in [2.24, 2.45) is 5.41 Å². The predicted octanol–water partition coefficient (Wildman–Crippen LogP) is 3.43. The van der Waals surface area contributed by atoms with Gasteiger partial charge in [-0.2, -0.15) is 0 Å². The topological polar surface area (TPSA) is 29.1 Å². The molecule has 0 saturated heterocycles. The summed E-state index contributed by atoms with van der Waals surface area (Å²) in [6, 6.07) is 2.22. The summed E-state index contributed by atoms with van der Waals surface area (Å²) in [5.41, 5.74) is 1.09. The van der Waals surface area contributed by atoms with Crippen molar-refractivity contribution in [1.29, 1.82) is 0 Å². The quantitative estimate of drug-likeness (QED) is 0.907. The van der Waals surface area contributed by atoms with Crippen molar-refractivity contribution in [2.45, 2.75) is 32.7 Å². The maximum absolute atomic E-state index is 11.8. The Labute approximate surface area is 102 Å². The Bertz CT molecular complexity index is 390. The molecule has 0 aromatic carbocycles. The minimum Gasteiger partial charge on any atom is -0.349 e. The number of thiophene rings is 1. The highest BCUT2D eigenvalue weighted by Gasteiger charge is 2.49. The standard InChI is InChI=1S/C11H14BrNOS/c1-3-11(2)6-8(11)13-10(14)7-4-5-15-9(7)12/h4-5,8H,3,6H2,1-2H3,(H,13,14). The maximum atomic E-state index is 11.8. The van der Waals surface area contributed by atoms with E-state index in [1.54, 1.807) is 11.3 Å². The van der Waals surface area contributed by atoms with E-state index in [9.17, 15) is 4.79 Å². The van der Waals surface area contributed by atoms with Crippen molar-refractivity contribution >= 4 is 33.2 Å². The number of rotatable bonds is 3. The van der Waals surface area contributed by atoms with Gasteiger partial charge in [0.05, 0.1) is 9.35 Å². The molecule has 1 saturated carbocycles. The van der Waals surface area contributed by atoms with Gasteiger partial charge in [-0.3, -0.25) is 4.79 Å². The first kappa shape index (κ1) is 11.1. The molecule has 0 spiro atoms. The van der Waals surface area contributed by atoms with Gasteiger partial charge in [0.25, 0.3) is 5.91 Å². The maximum Gasteiger partial charge on any atom is 0.253 e. The number of nitrogens with one attached hydrogen (secondary N) is 1. The lowest BCUT2D eigenvalue weighted by Gasteiger charge is -2.08. The van der Waals surface area contributed by atoms with Crippen molar-refractivity contribution in [2.75, 3.05) is 0 Å². The largest absolute Gasteiger partial charge is 0.349 e. The van der Waals surface area contributed by atoms with Gasteiger partial charge in [0.1, 0.15) is 0 Å². The van der Waals surface area contributed by atoms with Crippen molar-refractivity contribution in [1.82, 2.24) is 5.32 Å². The van der Waals surface area contributed by atoms with Crippen molar-refractivity contribution in [3.63, 3.8) is 0 Å². The Kier molecular flexibility index (Phi) is 2.90. The highest BCUT2D eigenvalue weighted by Crippen LogP contribution is 2.48. The van der Waals surface area contributed by atoms with Gasteiger partial charge in [0.15, 0.2) is 0 Å². The summed E-state index contributed by atoms with van der Waals surface area (Å²) in [5.74, 6) is 0.0466. The lowest BCUT2D eigenvalue weighted by Crippen LogP contribution is -2.28. The van der Waals surface area contributed by atoms with Gasteiger partial charge in [-0.25, -0.2) is 0 Å². The van der Waals surface area contributed by atoms with Gasteiger partial charge >= 0.3 is 0 Å². The fourth-order valence-corrected chi connectivity index (χ4v) is 2.96. The first-order valence-electron chi connectivity index (χ1n) is 5.10. The van der Waals surface area contributed by atoms with Crippen molar-refractivity contribution in [3.05, 3.63) is 20.8 Å². The van der Waals surface area contributed by atoms with E-state index in [2.05, 4.69) is 35.1 Å². The Morgan fingerprint density at radius 1 is 1.80 bits per heavy atom. The zero-order valence-corrected chi connectivity index (χ0v) is 11.2. The van der Waals surface area contributed by atoms with Gasteiger partial charge in [-0.1, -0.05) is 13.8 Å². The van der Waals surface area contributed by atoms with E-state index in [1.165, 1.54) is 0 Å². The van der Waals surface area contributed by atoms with Crippen LogP contribution in [0.3, 0.4) is 0 Å². The molecule has 1 fully saturated rings. The van der Waals surface area contributed by atoms with E-state index in [4.69, 9.17) is 0 Å². The summed E-state index contributed by atoms with van der Waals surface area (Å²) in [7, 11) is 0. The lowest BCUT2D eigenvalue weighted by atomic mass is 10.1. The molecule has 2 atom stereocenters. The molecule has 1 aromatic rings. The second kappa shape index (κ2) is 3.91. The monoisotopic (exact) mass is 287 g/mol. The van der Waals surface area contributed by atoms with E-state index < -0.39 is 0 Å². The Morgan fingerprint density at radius 3 is 3.00 bits per heavy atom. The van der Waals surface area contributed by atoms with E-state index in [1.807, 2.05) is 11.4 Å². The van der Waals surface area contributed by atoms with Crippen LogP contribution in [0.25, 0.3) is 0 Å². The molecule has 0 radical (unpaired) electrons. The van der Waals surface area contributed by atoms with Crippen LogP contribution in [0.15, 0.2) is 15.2 Å². The molecule has 1 aliphatic rings. The van der Waals surface area contributed by atoms with Crippen LogP contribution in [0.1, 0.15) is 37.0 Å². The summed E-state index contributed by atoms with van der Waals surface area (Å²) < 4.78 is 0.916. The van der Waals surface area contributed by atoms with Gasteiger partial charge < -0.3 is 5.32 Å². The molecule has 1 amide bonds. The minimum atomic E-state index is 0.0466. The first-order valence-corrected chi connectivity index (χ1v) is 6.78. The molecule has 82 valence electrons. The molecule has 0 bridgehead atoms. The third-order valence-corrected chi connectivity index (χ3v) is 5.01. The van der Waals surface area contributed by atoms with Crippen LogP contribution in [-0.4, -0.2) is 11.9 Å². The predicted molar refractivity (Wildman–Crippen MR) is 66.3 cm³/mol. The van der Waals surface area contributed by atoms with Crippen LogP contribution in [0.5, 0.6) is 0 Å². The molecule has 15 heavy (non-hydrogen) atoms. The van der Waals surface area contributed by atoms with Gasteiger partial charge in [0, 0.05) is 6.04 Å². The zero-order valence-electron chi connectivity index (χ0n) is 8.84. The number of carbonyl (C=O) groups excluding carboxylic acids is 1. The molecular weight excluding hydrogens is 274 g/mol. The smallest absolute Gasteiger partial charge is 0.253 e. The molecule has 1 N–H and O–H groups in total. The second-order valence-corrected chi connectivity index (χ2v) is 6.58. The SMILES string of the molecule is CCC1(C)CC1NC(=O)c1ccsc1Br. The molecule has 4 heteroatoms. The van der Waals surface area contributed by atoms with Gasteiger partial charge in [-0.15, -0.1) is 11.3 Å². The number of halogens is 1. The second-order valence-electron chi connectivity index (χ2n) is 4.35. The summed E-state index contributed by atoms with van der Waals surface area (Å²) >= 11 is 4.92. The Morgan fingerprint density at radius 2 is 2.53 bits per heavy atom. The molecule has 1 aliphatic carbocycles. The molecule has 2 rings (SSSR count). The highest BCUT2D eigenvalue weighted by atomic mass is 79.9. The third kappa shape index (κ3) is 2.11. The van der Waals surface area contributed by atoms with Crippen LogP contribution in [0, 0.1) is 5.41 Å². The number of amides is 1. The van der Waals surface area contributed by atoms with Crippen molar-refractivity contribution in [3.8, 4) is 0 Å². The normalized spacial score (nSPS) is 28.9. The molecule has 2 nitrogen and oxygen atoms in total. The fourth-order valence-electron chi connectivity index (χ4n) is 1.72. The number of hydrogen-bond acceptors (Lipinski definition) is 2. The highest BCUT2D eigenvalue weighted by molar-refractivity contribution is 9.11. The Hall–Kier alpha value is -0.350. The van der Waals surface area contributed by atoms with Crippen molar-refractivity contribution < 1.29 is 4.79 Å². The number of carbonyl (C=O) groups is 1. The van der Waals surface area contributed by atoms with Crippen LogP contribution in [0.2, 0.25) is 0 Å². The minimum absolute atomic E-state index is 0.0466. The number of hydrogen-bond donors (Lipinski definition) is 1. The molecule has 0 aliphatic heterocycles. The lowest BCUT2D eigenvalue weighted by molar-refractivity contribution is 0.0945. The average molecular weight is 288 g/mol. The third-order valence-electron chi connectivity index (χ3n) is 3.33.